The fourth-order valence-electron chi connectivity index (χ4n) is 4.17. The maximum Gasteiger partial charge on any atom is 0.256 e. The van der Waals surface area contributed by atoms with E-state index in [0.29, 0.717) is 24.5 Å². The quantitative estimate of drug-likeness (QED) is 0.508. The van der Waals surface area contributed by atoms with Crippen molar-refractivity contribution < 1.29 is 9.90 Å². The van der Waals surface area contributed by atoms with Crippen molar-refractivity contribution in [3.63, 3.8) is 0 Å². The Bertz CT molecular complexity index is 1210. The van der Waals surface area contributed by atoms with Gasteiger partial charge in [0.15, 0.2) is 5.82 Å². The number of aromatic nitrogens is 3. The molecule has 2 aromatic carbocycles. The van der Waals surface area contributed by atoms with E-state index in [1.54, 1.807) is 10.7 Å². The zero-order valence-electron chi connectivity index (χ0n) is 17.0. The van der Waals surface area contributed by atoms with Crippen LogP contribution < -0.4 is 5.32 Å². The number of aliphatic hydroxyl groups is 1. The minimum atomic E-state index is -0.306. The smallest absolute Gasteiger partial charge is 0.256 e. The highest BCUT2D eigenvalue weighted by molar-refractivity contribution is 6.00. The molecule has 1 aliphatic rings. The number of amides is 1. The molecule has 31 heavy (non-hydrogen) atoms. The Labute approximate surface area is 180 Å². The van der Waals surface area contributed by atoms with Crippen molar-refractivity contribution in [3.05, 3.63) is 95.4 Å². The Morgan fingerprint density at radius 1 is 1.06 bits per heavy atom. The van der Waals surface area contributed by atoms with Gasteiger partial charge in [0.2, 0.25) is 0 Å². The van der Waals surface area contributed by atoms with E-state index < -0.39 is 0 Å². The van der Waals surface area contributed by atoms with E-state index in [4.69, 9.17) is 0 Å². The Hall–Kier alpha value is -3.71. The molecule has 1 aliphatic heterocycles. The monoisotopic (exact) mass is 413 g/mol. The predicted octanol–water partition coefficient (Wildman–Crippen LogP) is 3.07. The van der Waals surface area contributed by atoms with Crippen molar-refractivity contribution in [2.75, 3.05) is 18.5 Å². The van der Waals surface area contributed by atoms with Crippen LogP contribution in [0.5, 0.6) is 0 Å². The summed E-state index contributed by atoms with van der Waals surface area (Å²) >= 11 is 0. The standard InChI is InChI=1S/C24H23N5O2/c30-15-21(18-9-5-2-6-10-18)27-23-22-19-11-12-28(13-17-7-3-1-4-8-17)24(31)20(19)14-29(22)26-16-25-23/h1-10,14,16,21,30H,11-13,15H2,(H,25,26,27)/t21-/m1/s1. The summed E-state index contributed by atoms with van der Waals surface area (Å²) in [6, 6.07) is 19.5. The lowest BCUT2D eigenvalue weighted by Crippen LogP contribution is -2.36. The lowest BCUT2D eigenvalue weighted by Gasteiger charge is -2.27. The summed E-state index contributed by atoms with van der Waals surface area (Å²) in [5, 5.41) is 17.6. The minimum Gasteiger partial charge on any atom is -0.394 e. The highest BCUT2D eigenvalue weighted by Gasteiger charge is 2.29. The van der Waals surface area contributed by atoms with Crippen LogP contribution in [0.25, 0.3) is 5.52 Å². The van der Waals surface area contributed by atoms with Crippen LogP contribution >= 0.6 is 0 Å². The largest absolute Gasteiger partial charge is 0.394 e. The molecule has 7 heteroatoms. The molecule has 0 saturated heterocycles. The number of benzene rings is 2. The molecule has 1 amide bonds. The number of hydrogen-bond acceptors (Lipinski definition) is 5. The van der Waals surface area contributed by atoms with Gasteiger partial charge >= 0.3 is 0 Å². The van der Waals surface area contributed by atoms with E-state index in [2.05, 4.69) is 15.4 Å². The summed E-state index contributed by atoms with van der Waals surface area (Å²) in [6.45, 7) is 1.15. The number of hydrogen-bond donors (Lipinski definition) is 2. The molecule has 3 heterocycles. The van der Waals surface area contributed by atoms with Gasteiger partial charge in [0, 0.05) is 19.3 Å². The molecule has 0 unspecified atom stereocenters. The molecular formula is C24H23N5O2. The molecule has 4 aromatic rings. The first-order chi connectivity index (χ1) is 15.2. The third-order valence-corrected chi connectivity index (χ3v) is 5.74. The van der Waals surface area contributed by atoms with Gasteiger partial charge < -0.3 is 15.3 Å². The van der Waals surface area contributed by atoms with Crippen molar-refractivity contribution in [2.45, 2.75) is 19.0 Å². The van der Waals surface area contributed by atoms with E-state index in [1.165, 1.54) is 6.33 Å². The highest BCUT2D eigenvalue weighted by Crippen LogP contribution is 2.30. The number of nitrogens with one attached hydrogen (secondary N) is 1. The van der Waals surface area contributed by atoms with Crippen LogP contribution in [0.3, 0.4) is 0 Å². The lowest BCUT2D eigenvalue weighted by atomic mass is 10.0. The van der Waals surface area contributed by atoms with Crippen molar-refractivity contribution in [1.29, 1.82) is 0 Å². The maximum absolute atomic E-state index is 13.2. The molecule has 0 spiro atoms. The number of carbonyl (C=O) groups is 1. The van der Waals surface area contributed by atoms with Gasteiger partial charge in [-0.2, -0.15) is 5.10 Å². The molecule has 2 N–H and O–H groups in total. The fraction of sp³-hybridized carbons (Fsp3) is 0.208. The van der Waals surface area contributed by atoms with Gasteiger partial charge in [-0.3, -0.25) is 4.79 Å². The number of fused-ring (bicyclic) bond motifs is 3. The second-order valence-corrected chi connectivity index (χ2v) is 7.68. The number of carbonyl (C=O) groups excluding carboxylic acids is 1. The number of rotatable bonds is 6. The summed E-state index contributed by atoms with van der Waals surface area (Å²) in [5.74, 6) is 0.617. The number of anilines is 1. The molecule has 156 valence electrons. The molecule has 0 radical (unpaired) electrons. The summed E-state index contributed by atoms with van der Waals surface area (Å²) in [4.78, 5) is 19.5. The summed E-state index contributed by atoms with van der Waals surface area (Å²) in [6.07, 6.45) is 3.97. The van der Waals surface area contributed by atoms with E-state index in [-0.39, 0.29) is 18.6 Å². The molecule has 0 saturated carbocycles. The van der Waals surface area contributed by atoms with Crippen LogP contribution in [-0.4, -0.2) is 43.7 Å². The average Bonchev–Trinajstić information content (AvgIpc) is 3.21. The molecular weight excluding hydrogens is 390 g/mol. The van der Waals surface area contributed by atoms with E-state index in [1.807, 2.05) is 65.6 Å². The Morgan fingerprint density at radius 2 is 1.81 bits per heavy atom. The Morgan fingerprint density at radius 3 is 2.55 bits per heavy atom. The minimum absolute atomic E-state index is 0.00307. The van der Waals surface area contributed by atoms with Crippen LogP contribution in [0, 0.1) is 0 Å². The van der Waals surface area contributed by atoms with E-state index in [0.717, 1.165) is 28.6 Å². The summed E-state index contributed by atoms with van der Waals surface area (Å²) < 4.78 is 1.71. The fourth-order valence-corrected chi connectivity index (χ4v) is 4.17. The van der Waals surface area contributed by atoms with Gasteiger partial charge in [0.25, 0.3) is 5.91 Å². The second-order valence-electron chi connectivity index (χ2n) is 7.68. The first-order valence-electron chi connectivity index (χ1n) is 10.4. The highest BCUT2D eigenvalue weighted by atomic mass is 16.3. The number of aliphatic hydroxyl groups excluding tert-OH is 1. The third-order valence-electron chi connectivity index (χ3n) is 5.74. The summed E-state index contributed by atoms with van der Waals surface area (Å²) in [7, 11) is 0. The zero-order valence-corrected chi connectivity index (χ0v) is 17.0. The predicted molar refractivity (Wildman–Crippen MR) is 118 cm³/mol. The van der Waals surface area contributed by atoms with Crippen molar-refractivity contribution in [2.24, 2.45) is 0 Å². The third kappa shape index (κ3) is 3.64. The van der Waals surface area contributed by atoms with Crippen LogP contribution in [0.4, 0.5) is 5.82 Å². The lowest BCUT2D eigenvalue weighted by molar-refractivity contribution is 0.0728. The number of nitrogens with zero attached hydrogens (tertiary/aromatic N) is 4. The Balaban J connectivity index is 1.47. The zero-order chi connectivity index (χ0) is 21.2. The Kier molecular flexibility index (Phi) is 5.09. The van der Waals surface area contributed by atoms with Gasteiger partial charge in [-0.05, 0) is 23.1 Å². The van der Waals surface area contributed by atoms with E-state index >= 15 is 0 Å². The average molecular weight is 413 g/mol. The molecule has 0 aliphatic carbocycles. The molecule has 0 bridgehead atoms. The van der Waals surface area contributed by atoms with Crippen LogP contribution in [0.1, 0.15) is 33.1 Å². The topological polar surface area (TPSA) is 82.8 Å². The van der Waals surface area contributed by atoms with Crippen LogP contribution in [0.2, 0.25) is 0 Å². The molecule has 1 atom stereocenters. The van der Waals surface area contributed by atoms with Gasteiger partial charge in [0.1, 0.15) is 11.8 Å². The first kappa shape index (κ1) is 19.3. The van der Waals surface area contributed by atoms with Gasteiger partial charge in [-0.25, -0.2) is 9.50 Å². The molecule has 2 aromatic heterocycles. The van der Waals surface area contributed by atoms with Gasteiger partial charge in [0.05, 0.1) is 18.2 Å². The normalized spacial score (nSPS) is 14.5. The first-order valence-corrected chi connectivity index (χ1v) is 10.4. The van der Waals surface area contributed by atoms with Gasteiger partial charge in [-0.15, -0.1) is 0 Å². The second kappa shape index (κ2) is 8.20. The van der Waals surface area contributed by atoms with Crippen LogP contribution in [0.15, 0.2) is 73.2 Å². The van der Waals surface area contributed by atoms with Crippen molar-refractivity contribution in [3.8, 4) is 0 Å². The van der Waals surface area contributed by atoms with Crippen molar-refractivity contribution >= 4 is 17.2 Å². The van der Waals surface area contributed by atoms with Crippen molar-refractivity contribution in [1.82, 2.24) is 19.5 Å². The molecule has 0 fully saturated rings. The SMILES string of the molecule is O=C1c2cn3ncnc(N[C@H](CO)c4ccccc4)c3c2CCN1Cc1ccccc1. The molecule has 5 rings (SSSR count). The molecule has 7 nitrogen and oxygen atoms in total. The maximum atomic E-state index is 13.2. The van der Waals surface area contributed by atoms with E-state index in [9.17, 15) is 9.90 Å². The van der Waals surface area contributed by atoms with Gasteiger partial charge in [-0.1, -0.05) is 60.7 Å². The summed E-state index contributed by atoms with van der Waals surface area (Å²) in [5.41, 5.74) is 4.47. The van der Waals surface area contributed by atoms with Crippen LogP contribution in [-0.2, 0) is 13.0 Å².